The number of hydrogen-bond acceptors (Lipinski definition) is 3. The number of nitrogens with one attached hydrogen (secondary N) is 1. The van der Waals surface area contributed by atoms with E-state index in [4.69, 9.17) is 4.74 Å². The summed E-state index contributed by atoms with van der Waals surface area (Å²) in [7, 11) is 0. The van der Waals surface area contributed by atoms with Crippen molar-refractivity contribution < 1.29 is 9.53 Å². The highest BCUT2D eigenvalue weighted by molar-refractivity contribution is 5.85. The molecule has 26 heavy (non-hydrogen) atoms. The first-order chi connectivity index (χ1) is 12.1. The summed E-state index contributed by atoms with van der Waals surface area (Å²) in [5.41, 5.74) is 0. The molecule has 4 nitrogen and oxygen atoms in total. The van der Waals surface area contributed by atoms with Gasteiger partial charge in [-0.15, -0.1) is 12.4 Å². The Labute approximate surface area is 166 Å². The van der Waals surface area contributed by atoms with Crippen LogP contribution in [0.5, 0.6) is 0 Å². The predicted octanol–water partition coefficient (Wildman–Crippen LogP) is 4.02. The molecule has 1 amide bonds. The molecule has 3 aliphatic rings. The van der Waals surface area contributed by atoms with Crippen LogP contribution in [0, 0.1) is 17.8 Å². The first-order valence-corrected chi connectivity index (χ1v) is 10.7. The van der Waals surface area contributed by atoms with Gasteiger partial charge in [0.1, 0.15) is 0 Å². The average Bonchev–Trinajstić information content (AvgIpc) is 3.14. The minimum absolute atomic E-state index is 0. The van der Waals surface area contributed by atoms with E-state index in [1.54, 1.807) is 0 Å². The topological polar surface area (TPSA) is 41.6 Å². The van der Waals surface area contributed by atoms with Crippen LogP contribution in [-0.2, 0) is 9.53 Å². The number of amides is 1. The summed E-state index contributed by atoms with van der Waals surface area (Å²) < 4.78 is 5.86. The van der Waals surface area contributed by atoms with Crippen molar-refractivity contribution >= 4 is 18.3 Å². The van der Waals surface area contributed by atoms with Crippen LogP contribution in [0.25, 0.3) is 0 Å². The summed E-state index contributed by atoms with van der Waals surface area (Å²) in [5.74, 6) is 2.35. The minimum Gasteiger partial charge on any atom is -0.376 e. The molecule has 2 aliphatic heterocycles. The number of nitrogens with zero attached hydrogens (tertiary/aromatic N) is 1. The Balaban J connectivity index is 0.00000243. The summed E-state index contributed by atoms with van der Waals surface area (Å²) in [4.78, 5) is 15.4. The predicted molar refractivity (Wildman–Crippen MR) is 109 cm³/mol. The maximum atomic E-state index is 13.2. The molecule has 3 unspecified atom stereocenters. The van der Waals surface area contributed by atoms with E-state index in [-0.39, 0.29) is 18.5 Å². The zero-order chi connectivity index (χ0) is 17.6. The molecule has 1 saturated carbocycles. The maximum Gasteiger partial charge on any atom is 0.223 e. The van der Waals surface area contributed by atoms with E-state index in [2.05, 4.69) is 24.1 Å². The summed E-state index contributed by atoms with van der Waals surface area (Å²) in [5, 5.41) is 3.50. The number of ether oxygens (including phenoxy) is 1. The third-order valence-corrected chi connectivity index (χ3v) is 6.81. The van der Waals surface area contributed by atoms with Crippen LogP contribution in [0.15, 0.2) is 0 Å². The van der Waals surface area contributed by atoms with Gasteiger partial charge in [-0.2, -0.15) is 0 Å². The van der Waals surface area contributed by atoms with Crippen molar-refractivity contribution in [3.05, 3.63) is 0 Å². The number of hydrogen-bond donors (Lipinski definition) is 1. The van der Waals surface area contributed by atoms with Crippen molar-refractivity contribution in [3.8, 4) is 0 Å². The van der Waals surface area contributed by atoms with E-state index < -0.39 is 0 Å². The first kappa shape index (κ1) is 22.0. The molecule has 3 rings (SSSR count). The molecule has 2 heterocycles. The molecule has 5 heteroatoms. The third-order valence-electron chi connectivity index (χ3n) is 6.81. The second-order valence-electron chi connectivity index (χ2n) is 8.88. The molecule has 0 spiro atoms. The largest absolute Gasteiger partial charge is 0.376 e. The summed E-state index contributed by atoms with van der Waals surface area (Å²) in [6, 6.07) is 0.449. The van der Waals surface area contributed by atoms with Gasteiger partial charge in [0.05, 0.1) is 6.10 Å². The Bertz CT molecular complexity index is 414. The molecule has 1 N–H and O–H groups in total. The molecule has 0 bridgehead atoms. The zero-order valence-electron chi connectivity index (χ0n) is 16.8. The van der Waals surface area contributed by atoms with Crippen molar-refractivity contribution in [1.29, 1.82) is 0 Å². The lowest BCUT2D eigenvalue weighted by Gasteiger charge is -2.38. The Morgan fingerprint density at radius 1 is 1.15 bits per heavy atom. The van der Waals surface area contributed by atoms with Gasteiger partial charge in [0.15, 0.2) is 0 Å². The van der Waals surface area contributed by atoms with E-state index in [1.807, 2.05) is 0 Å². The molecule has 1 aliphatic carbocycles. The van der Waals surface area contributed by atoms with E-state index in [9.17, 15) is 4.79 Å². The standard InChI is InChI=1S/C21H38N2O2.ClH/c1-16-7-9-19(10-8-16)23(15-20-6-4-12-25-20)21(24)13-17(2)18-5-3-11-22-14-18;/h16-20,22H,3-15H2,1-2H3;1H. The van der Waals surface area contributed by atoms with Crippen LogP contribution >= 0.6 is 12.4 Å². The van der Waals surface area contributed by atoms with Crippen molar-refractivity contribution in [2.24, 2.45) is 17.8 Å². The Kier molecular flexibility index (Phi) is 9.19. The maximum absolute atomic E-state index is 13.2. The molecular weight excluding hydrogens is 348 g/mol. The Morgan fingerprint density at radius 2 is 1.92 bits per heavy atom. The second kappa shape index (κ2) is 10.9. The van der Waals surface area contributed by atoms with Crippen LogP contribution in [-0.4, -0.2) is 49.2 Å². The summed E-state index contributed by atoms with van der Waals surface area (Å²) in [6.07, 6.45) is 10.7. The summed E-state index contributed by atoms with van der Waals surface area (Å²) in [6.45, 7) is 8.55. The van der Waals surface area contributed by atoms with Gasteiger partial charge in [0.25, 0.3) is 0 Å². The highest BCUT2D eigenvalue weighted by Crippen LogP contribution is 2.30. The fourth-order valence-corrected chi connectivity index (χ4v) is 4.94. The van der Waals surface area contributed by atoms with Crippen LogP contribution in [0.2, 0.25) is 0 Å². The van der Waals surface area contributed by atoms with Crippen LogP contribution in [0.1, 0.15) is 71.6 Å². The van der Waals surface area contributed by atoms with Gasteiger partial charge in [0.2, 0.25) is 5.91 Å². The zero-order valence-corrected chi connectivity index (χ0v) is 17.6. The van der Waals surface area contributed by atoms with Crippen LogP contribution < -0.4 is 5.32 Å². The van der Waals surface area contributed by atoms with Gasteiger partial charge >= 0.3 is 0 Å². The van der Waals surface area contributed by atoms with Gasteiger partial charge in [-0.1, -0.05) is 13.8 Å². The molecule has 2 saturated heterocycles. The van der Waals surface area contributed by atoms with Gasteiger partial charge in [0, 0.05) is 25.6 Å². The highest BCUT2D eigenvalue weighted by Gasteiger charge is 2.32. The SMILES string of the molecule is CC1CCC(N(CC2CCCO2)C(=O)CC(C)C2CCCNC2)CC1.Cl. The van der Waals surface area contributed by atoms with Crippen molar-refractivity contribution in [3.63, 3.8) is 0 Å². The Hall–Kier alpha value is -0.320. The normalized spacial score (nSPS) is 33.3. The number of piperidine rings is 1. The highest BCUT2D eigenvalue weighted by atomic mass is 35.5. The molecule has 0 aromatic carbocycles. The smallest absolute Gasteiger partial charge is 0.223 e. The second-order valence-corrected chi connectivity index (χ2v) is 8.88. The molecule has 0 aromatic rings. The van der Waals surface area contributed by atoms with E-state index >= 15 is 0 Å². The minimum atomic E-state index is 0. The van der Waals surface area contributed by atoms with Gasteiger partial charge in [-0.05, 0) is 82.2 Å². The Morgan fingerprint density at radius 3 is 2.54 bits per heavy atom. The van der Waals surface area contributed by atoms with Crippen molar-refractivity contribution in [2.45, 2.75) is 83.8 Å². The lowest BCUT2D eigenvalue weighted by Crippen LogP contribution is -2.47. The quantitative estimate of drug-likeness (QED) is 0.749. The van der Waals surface area contributed by atoms with Gasteiger partial charge in [-0.3, -0.25) is 4.79 Å². The average molecular weight is 387 g/mol. The van der Waals surface area contributed by atoms with E-state index in [1.165, 1.54) is 38.5 Å². The lowest BCUT2D eigenvalue weighted by atomic mass is 9.84. The molecule has 152 valence electrons. The van der Waals surface area contributed by atoms with Crippen LogP contribution in [0.4, 0.5) is 0 Å². The number of rotatable bonds is 6. The number of carbonyl (C=O) groups is 1. The fourth-order valence-electron chi connectivity index (χ4n) is 4.94. The molecule has 3 atom stereocenters. The fraction of sp³-hybridized carbons (Fsp3) is 0.952. The third kappa shape index (κ3) is 6.10. The first-order valence-electron chi connectivity index (χ1n) is 10.7. The summed E-state index contributed by atoms with van der Waals surface area (Å²) >= 11 is 0. The van der Waals surface area contributed by atoms with Crippen LogP contribution in [0.3, 0.4) is 0 Å². The molecule has 3 fully saturated rings. The lowest BCUT2D eigenvalue weighted by molar-refractivity contribution is -0.137. The van der Waals surface area contributed by atoms with E-state index in [0.29, 0.717) is 30.2 Å². The van der Waals surface area contributed by atoms with Gasteiger partial charge < -0.3 is 15.0 Å². The number of halogens is 1. The number of carbonyl (C=O) groups excluding carboxylic acids is 1. The molecule has 0 aromatic heterocycles. The van der Waals surface area contributed by atoms with Crippen molar-refractivity contribution in [1.82, 2.24) is 10.2 Å². The molecule has 0 radical (unpaired) electrons. The monoisotopic (exact) mass is 386 g/mol. The van der Waals surface area contributed by atoms with E-state index in [0.717, 1.165) is 45.0 Å². The van der Waals surface area contributed by atoms with Gasteiger partial charge in [-0.25, -0.2) is 0 Å². The van der Waals surface area contributed by atoms with Crippen molar-refractivity contribution in [2.75, 3.05) is 26.2 Å². The molecular formula is C21H39ClN2O2.